The smallest absolute Gasteiger partial charge is 0.122 e. The summed E-state index contributed by atoms with van der Waals surface area (Å²) in [4.78, 5) is 0. The highest BCUT2D eigenvalue weighted by Crippen LogP contribution is 2.54. The maximum Gasteiger partial charge on any atom is 0.122 e. The summed E-state index contributed by atoms with van der Waals surface area (Å²) < 4.78 is 6.37. The second kappa shape index (κ2) is 4.29. The van der Waals surface area contributed by atoms with Crippen molar-refractivity contribution in [2.24, 2.45) is 5.41 Å². The lowest BCUT2D eigenvalue weighted by molar-refractivity contribution is -0.00744. The molecule has 94 valence electrons. The van der Waals surface area contributed by atoms with Crippen molar-refractivity contribution in [1.29, 1.82) is 0 Å². The van der Waals surface area contributed by atoms with Crippen LogP contribution in [0.1, 0.15) is 32.3 Å². The molecule has 3 heteroatoms. The van der Waals surface area contributed by atoms with Gasteiger partial charge in [0.2, 0.25) is 0 Å². The first-order valence-electron chi connectivity index (χ1n) is 5.93. The first kappa shape index (κ1) is 12.9. The topological polar surface area (TPSA) is 29.5 Å². The minimum absolute atomic E-state index is 0.0698. The van der Waals surface area contributed by atoms with E-state index in [0.29, 0.717) is 6.42 Å². The molecular weight excluding hydrogens is 280 g/mol. The predicted molar refractivity (Wildman–Crippen MR) is 72.4 cm³/mol. The van der Waals surface area contributed by atoms with Crippen molar-refractivity contribution < 1.29 is 9.84 Å². The van der Waals surface area contributed by atoms with Crippen molar-refractivity contribution >= 4 is 15.9 Å². The van der Waals surface area contributed by atoms with E-state index in [1.165, 1.54) is 0 Å². The fourth-order valence-corrected chi connectivity index (χ4v) is 2.60. The summed E-state index contributed by atoms with van der Waals surface area (Å²) in [6.45, 7) is 4.08. The van der Waals surface area contributed by atoms with Crippen LogP contribution in [0.3, 0.4) is 0 Å². The second-order valence-electron chi connectivity index (χ2n) is 5.47. The van der Waals surface area contributed by atoms with Crippen LogP contribution in [0.2, 0.25) is 0 Å². The number of aliphatic hydroxyl groups is 1. The molecule has 1 unspecified atom stereocenters. The zero-order chi connectivity index (χ0) is 12.7. The Morgan fingerprint density at radius 1 is 1.47 bits per heavy atom. The third-order valence-corrected chi connectivity index (χ3v) is 4.57. The Kier molecular flexibility index (Phi) is 3.25. The predicted octanol–water partition coefficient (Wildman–Crippen LogP) is 3.55. The molecule has 0 saturated heterocycles. The lowest BCUT2D eigenvalue weighted by Crippen LogP contribution is -2.36. The SMILES string of the molecule is COc1ccc(Br)cc1CC(C)(O)C1(C)CC1. The van der Waals surface area contributed by atoms with Crippen molar-refractivity contribution in [2.75, 3.05) is 7.11 Å². The van der Waals surface area contributed by atoms with E-state index in [2.05, 4.69) is 22.9 Å². The van der Waals surface area contributed by atoms with Crippen molar-refractivity contribution in [2.45, 2.75) is 38.7 Å². The number of hydrogen-bond donors (Lipinski definition) is 1. The highest BCUT2D eigenvalue weighted by atomic mass is 79.9. The molecule has 1 saturated carbocycles. The van der Waals surface area contributed by atoms with Gasteiger partial charge in [-0.1, -0.05) is 22.9 Å². The molecule has 2 rings (SSSR count). The summed E-state index contributed by atoms with van der Waals surface area (Å²) in [5.41, 5.74) is 0.460. The Morgan fingerprint density at radius 3 is 2.65 bits per heavy atom. The molecular formula is C14H19BrO2. The summed E-state index contributed by atoms with van der Waals surface area (Å²) in [5, 5.41) is 10.6. The van der Waals surface area contributed by atoms with Gasteiger partial charge in [0.05, 0.1) is 12.7 Å². The van der Waals surface area contributed by atoms with Gasteiger partial charge in [-0.3, -0.25) is 0 Å². The highest BCUT2D eigenvalue weighted by molar-refractivity contribution is 9.10. The van der Waals surface area contributed by atoms with Crippen LogP contribution in [0.4, 0.5) is 0 Å². The quantitative estimate of drug-likeness (QED) is 0.921. The molecule has 1 aliphatic rings. The van der Waals surface area contributed by atoms with Crippen molar-refractivity contribution in [1.82, 2.24) is 0 Å². The summed E-state index contributed by atoms with van der Waals surface area (Å²) in [7, 11) is 1.67. The van der Waals surface area contributed by atoms with Gasteiger partial charge in [-0.05, 0) is 48.9 Å². The summed E-state index contributed by atoms with van der Waals surface area (Å²) in [6.07, 6.45) is 2.85. The van der Waals surface area contributed by atoms with Gasteiger partial charge in [0.1, 0.15) is 5.75 Å². The molecule has 17 heavy (non-hydrogen) atoms. The molecule has 1 aromatic carbocycles. The van der Waals surface area contributed by atoms with E-state index in [-0.39, 0.29) is 5.41 Å². The van der Waals surface area contributed by atoms with Crippen LogP contribution >= 0.6 is 15.9 Å². The average Bonchev–Trinajstić information content (AvgIpc) is 2.98. The maximum atomic E-state index is 10.6. The molecule has 1 aliphatic carbocycles. The number of halogens is 1. The molecule has 1 fully saturated rings. The zero-order valence-electron chi connectivity index (χ0n) is 10.6. The molecule has 0 spiro atoms. The van der Waals surface area contributed by atoms with Crippen LogP contribution in [-0.2, 0) is 6.42 Å². The zero-order valence-corrected chi connectivity index (χ0v) is 12.2. The van der Waals surface area contributed by atoms with E-state index in [9.17, 15) is 5.11 Å². The van der Waals surface area contributed by atoms with Gasteiger partial charge in [-0.25, -0.2) is 0 Å². The van der Waals surface area contributed by atoms with Gasteiger partial charge < -0.3 is 9.84 Å². The maximum absolute atomic E-state index is 10.6. The van der Waals surface area contributed by atoms with Crippen LogP contribution in [-0.4, -0.2) is 17.8 Å². The van der Waals surface area contributed by atoms with E-state index in [4.69, 9.17) is 4.74 Å². The third-order valence-electron chi connectivity index (χ3n) is 4.08. The van der Waals surface area contributed by atoms with E-state index in [1.807, 2.05) is 25.1 Å². The van der Waals surface area contributed by atoms with Gasteiger partial charge in [0, 0.05) is 10.9 Å². The molecule has 1 N–H and O–H groups in total. The van der Waals surface area contributed by atoms with E-state index < -0.39 is 5.60 Å². The Balaban J connectivity index is 2.26. The number of ether oxygens (including phenoxy) is 1. The number of methoxy groups -OCH3 is 1. The molecule has 0 amide bonds. The van der Waals surface area contributed by atoms with E-state index >= 15 is 0 Å². The van der Waals surface area contributed by atoms with E-state index in [1.54, 1.807) is 7.11 Å². The Morgan fingerprint density at radius 2 is 2.12 bits per heavy atom. The molecule has 1 aromatic rings. The normalized spacial score (nSPS) is 20.8. The van der Waals surface area contributed by atoms with Crippen LogP contribution in [0.25, 0.3) is 0 Å². The Bertz CT molecular complexity index is 422. The lowest BCUT2D eigenvalue weighted by Gasteiger charge is -2.31. The van der Waals surface area contributed by atoms with Crippen LogP contribution < -0.4 is 4.74 Å². The minimum Gasteiger partial charge on any atom is -0.496 e. The summed E-state index contributed by atoms with van der Waals surface area (Å²) in [6, 6.07) is 5.92. The molecule has 0 bridgehead atoms. The van der Waals surface area contributed by atoms with Crippen molar-refractivity contribution in [3.8, 4) is 5.75 Å². The molecule has 0 aromatic heterocycles. The van der Waals surface area contributed by atoms with Crippen LogP contribution in [0, 0.1) is 5.41 Å². The largest absolute Gasteiger partial charge is 0.496 e. The highest BCUT2D eigenvalue weighted by Gasteiger charge is 2.52. The van der Waals surface area contributed by atoms with Gasteiger partial charge in [0.25, 0.3) is 0 Å². The monoisotopic (exact) mass is 298 g/mol. The summed E-state index contributed by atoms with van der Waals surface area (Å²) >= 11 is 3.46. The standard InChI is InChI=1S/C14H19BrO2/c1-13(6-7-13)14(2,16)9-10-8-11(15)4-5-12(10)17-3/h4-5,8,16H,6-7,9H2,1-3H3. The first-order valence-corrected chi connectivity index (χ1v) is 6.72. The fourth-order valence-electron chi connectivity index (χ4n) is 2.20. The lowest BCUT2D eigenvalue weighted by atomic mass is 9.82. The van der Waals surface area contributed by atoms with Gasteiger partial charge >= 0.3 is 0 Å². The molecule has 0 aliphatic heterocycles. The van der Waals surface area contributed by atoms with Crippen LogP contribution in [0.5, 0.6) is 5.75 Å². The van der Waals surface area contributed by atoms with Crippen LogP contribution in [0.15, 0.2) is 22.7 Å². The van der Waals surface area contributed by atoms with Gasteiger partial charge in [0.15, 0.2) is 0 Å². The van der Waals surface area contributed by atoms with Crippen molar-refractivity contribution in [3.63, 3.8) is 0 Å². The third kappa shape index (κ3) is 2.50. The number of rotatable bonds is 4. The molecule has 0 radical (unpaired) electrons. The average molecular weight is 299 g/mol. The minimum atomic E-state index is -0.666. The molecule has 0 heterocycles. The molecule has 1 atom stereocenters. The Labute approximate surface area is 111 Å². The fraction of sp³-hybridized carbons (Fsp3) is 0.571. The Hall–Kier alpha value is -0.540. The second-order valence-corrected chi connectivity index (χ2v) is 6.38. The van der Waals surface area contributed by atoms with Gasteiger partial charge in [-0.2, -0.15) is 0 Å². The number of benzene rings is 1. The van der Waals surface area contributed by atoms with Crippen molar-refractivity contribution in [3.05, 3.63) is 28.2 Å². The first-order chi connectivity index (χ1) is 7.88. The van der Waals surface area contributed by atoms with E-state index in [0.717, 1.165) is 28.6 Å². The van der Waals surface area contributed by atoms with Gasteiger partial charge in [-0.15, -0.1) is 0 Å². The molecule has 2 nitrogen and oxygen atoms in total. The summed E-state index contributed by atoms with van der Waals surface area (Å²) in [5.74, 6) is 0.845. The number of hydrogen-bond acceptors (Lipinski definition) is 2.